The lowest BCUT2D eigenvalue weighted by Crippen LogP contribution is -2.35. The van der Waals surface area contributed by atoms with Gasteiger partial charge in [0.2, 0.25) is 0 Å². The van der Waals surface area contributed by atoms with E-state index in [2.05, 4.69) is 5.32 Å². The van der Waals surface area contributed by atoms with Crippen molar-refractivity contribution in [1.82, 2.24) is 9.62 Å². The highest BCUT2D eigenvalue weighted by molar-refractivity contribution is 7.91. The molecule has 0 unspecified atom stereocenters. The lowest BCUT2D eigenvalue weighted by atomic mass is 10.3. The number of methoxy groups -OCH3 is 1. The molecule has 1 fully saturated rings. The monoisotopic (exact) mass is 304 g/mol. The molecule has 0 aliphatic heterocycles. The average Bonchev–Trinajstić information content (AvgIpc) is 3.08. The number of nitrogens with zero attached hydrogens (tertiary/aromatic N) is 1. The van der Waals surface area contributed by atoms with Gasteiger partial charge in [0, 0.05) is 26.2 Å². The van der Waals surface area contributed by atoms with E-state index in [1.165, 1.54) is 11.3 Å². The zero-order valence-electron chi connectivity index (χ0n) is 11.3. The van der Waals surface area contributed by atoms with Gasteiger partial charge in [0.25, 0.3) is 10.0 Å². The van der Waals surface area contributed by atoms with Crippen LogP contribution in [0, 0.1) is 0 Å². The summed E-state index contributed by atoms with van der Waals surface area (Å²) in [6.45, 7) is 1.56. The van der Waals surface area contributed by atoms with Crippen LogP contribution in [-0.4, -0.2) is 46.1 Å². The third-order valence-corrected chi connectivity index (χ3v) is 6.46. The molecule has 0 saturated heterocycles. The first kappa shape index (κ1) is 14.9. The third-order valence-electron chi connectivity index (χ3n) is 3.04. The van der Waals surface area contributed by atoms with E-state index in [-0.39, 0.29) is 6.04 Å². The number of hydrogen-bond donors (Lipinski definition) is 1. The second-order valence-corrected chi connectivity index (χ2v) is 7.67. The molecule has 0 aromatic carbocycles. The Morgan fingerprint density at radius 2 is 2.26 bits per heavy atom. The van der Waals surface area contributed by atoms with Crippen LogP contribution >= 0.6 is 11.3 Å². The minimum Gasteiger partial charge on any atom is -0.383 e. The van der Waals surface area contributed by atoms with E-state index >= 15 is 0 Å². The molecule has 1 aliphatic rings. The van der Waals surface area contributed by atoms with Crippen molar-refractivity contribution in [3.63, 3.8) is 0 Å². The standard InChI is InChI=1S/C12H20N2O3S2/c1-13-8-10-7-12(18-9-10)19(15,16)14(5-6-17-2)11-3-4-11/h7,9,11,13H,3-6,8H2,1-2H3. The zero-order valence-corrected chi connectivity index (χ0v) is 12.9. The highest BCUT2D eigenvalue weighted by Crippen LogP contribution is 2.33. The van der Waals surface area contributed by atoms with Gasteiger partial charge in [-0.3, -0.25) is 0 Å². The van der Waals surface area contributed by atoms with Crippen molar-refractivity contribution in [2.24, 2.45) is 0 Å². The van der Waals surface area contributed by atoms with Crippen molar-refractivity contribution in [1.29, 1.82) is 0 Å². The van der Waals surface area contributed by atoms with Crippen LogP contribution in [-0.2, 0) is 21.3 Å². The van der Waals surface area contributed by atoms with Crippen molar-refractivity contribution in [3.05, 3.63) is 17.0 Å². The van der Waals surface area contributed by atoms with Crippen LogP contribution in [0.3, 0.4) is 0 Å². The maximum Gasteiger partial charge on any atom is 0.252 e. The molecule has 0 spiro atoms. The summed E-state index contributed by atoms with van der Waals surface area (Å²) in [4.78, 5) is 0. The van der Waals surface area contributed by atoms with E-state index in [1.807, 2.05) is 12.4 Å². The molecule has 0 amide bonds. The molecule has 19 heavy (non-hydrogen) atoms. The van der Waals surface area contributed by atoms with E-state index in [9.17, 15) is 8.42 Å². The van der Waals surface area contributed by atoms with Crippen LogP contribution in [0.2, 0.25) is 0 Å². The molecular weight excluding hydrogens is 284 g/mol. The number of nitrogens with one attached hydrogen (secondary N) is 1. The van der Waals surface area contributed by atoms with Gasteiger partial charge in [-0.05, 0) is 36.9 Å². The normalized spacial score (nSPS) is 16.2. The van der Waals surface area contributed by atoms with Crippen molar-refractivity contribution >= 4 is 21.4 Å². The Kier molecular flexibility index (Phi) is 4.97. The van der Waals surface area contributed by atoms with Crippen LogP contribution in [0.25, 0.3) is 0 Å². The summed E-state index contributed by atoms with van der Waals surface area (Å²) in [5.41, 5.74) is 1.01. The average molecular weight is 304 g/mol. The van der Waals surface area contributed by atoms with Crippen molar-refractivity contribution in [3.8, 4) is 0 Å². The van der Waals surface area contributed by atoms with Crippen LogP contribution in [0.15, 0.2) is 15.7 Å². The highest BCUT2D eigenvalue weighted by atomic mass is 32.2. The lowest BCUT2D eigenvalue weighted by molar-refractivity contribution is 0.177. The van der Waals surface area contributed by atoms with Crippen molar-refractivity contribution < 1.29 is 13.2 Å². The predicted molar refractivity (Wildman–Crippen MR) is 75.9 cm³/mol. The van der Waals surface area contributed by atoms with E-state index < -0.39 is 10.0 Å². The second-order valence-electron chi connectivity index (χ2n) is 4.64. The minimum absolute atomic E-state index is 0.162. The van der Waals surface area contributed by atoms with Crippen LogP contribution in [0.4, 0.5) is 0 Å². The molecule has 1 heterocycles. The fourth-order valence-corrected chi connectivity index (χ4v) is 4.95. The molecule has 0 atom stereocenters. The minimum atomic E-state index is -3.36. The maximum atomic E-state index is 12.6. The maximum absolute atomic E-state index is 12.6. The fourth-order valence-electron chi connectivity index (χ4n) is 1.94. The molecule has 0 radical (unpaired) electrons. The number of thiophene rings is 1. The highest BCUT2D eigenvalue weighted by Gasteiger charge is 2.38. The summed E-state index contributed by atoms with van der Waals surface area (Å²) in [5, 5.41) is 4.92. The van der Waals surface area contributed by atoms with Gasteiger partial charge in [-0.2, -0.15) is 4.31 Å². The number of hydrogen-bond acceptors (Lipinski definition) is 5. The van der Waals surface area contributed by atoms with E-state index in [1.54, 1.807) is 17.5 Å². The zero-order chi connectivity index (χ0) is 13.9. The van der Waals surface area contributed by atoms with Gasteiger partial charge in [-0.1, -0.05) is 0 Å². The van der Waals surface area contributed by atoms with Gasteiger partial charge in [-0.15, -0.1) is 11.3 Å². The molecule has 1 aliphatic carbocycles. The SMILES string of the molecule is CNCc1csc(S(=O)(=O)N(CCOC)C2CC2)c1. The summed E-state index contributed by atoms with van der Waals surface area (Å²) >= 11 is 1.29. The Balaban J connectivity index is 2.17. The molecule has 1 N–H and O–H groups in total. The molecule has 2 rings (SSSR count). The first-order valence-corrected chi connectivity index (χ1v) is 8.64. The van der Waals surface area contributed by atoms with Gasteiger partial charge in [0.1, 0.15) is 4.21 Å². The number of rotatable bonds is 8. The molecule has 7 heteroatoms. The molecule has 1 aromatic heterocycles. The van der Waals surface area contributed by atoms with E-state index in [4.69, 9.17) is 4.74 Å². The summed E-state index contributed by atoms with van der Waals surface area (Å²) in [6.07, 6.45) is 1.91. The topological polar surface area (TPSA) is 58.6 Å². The van der Waals surface area contributed by atoms with Crippen LogP contribution in [0.5, 0.6) is 0 Å². The quantitative estimate of drug-likeness (QED) is 0.786. The number of ether oxygens (including phenoxy) is 1. The summed E-state index contributed by atoms with van der Waals surface area (Å²) in [5.74, 6) is 0. The Morgan fingerprint density at radius 3 is 2.84 bits per heavy atom. The first-order valence-electron chi connectivity index (χ1n) is 6.32. The Bertz CT molecular complexity index is 509. The molecule has 1 aromatic rings. The second kappa shape index (κ2) is 6.32. The molecule has 108 valence electrons. The van der Waals surface area contributed by atoms with Gasteiger partial charge >= 0.3 is 0 Å². The van der Waals surface area contributed by atoms with Gasteiger partial charge < -0.3 is 10.1 Å². The van der Waals surface area contributed by atoms with E-state index in [0.717, 1.165) is 18.4 Å². The summed E-state index contributed by atoms with van der Waals surface area (Å²) in [6, 6.07) is 1.92. The molecular formula is C12H20N2O3S2. The van der Waals surface area contributed by atoms with Gasteiger partial charge in [0.05, 0.1) is 6.61 Å². The molecule has 5 nitrogen and oxygen atoms in total. The third kappa shape index (κ3) is 3.55. The lowest BCUT2D eigenvalue weighted by Gasteiger charge is -2.20. The van der Waals surface area contributed by atoms with Crippen LogP contribution in [0.1, 0.15) is 18.4 Å². The molecule has 0 bridgehead atoms. The summed E-state index contributed by atoms with van der Waals surface area (Å²) < 4.78 is 32.2. The smallest absolute Gasteiger partial charge is 0.252 e. The van der Waals surface area contributed by atoms with Gasteiger partial charge in [-0.25, -0.2) is 8.42 Å². The predicted octanol–water partition coefficient (Wildman–Crippen LogP) is 1.27. The largest absolute Gasteiger partial charge is 0.383 e. The Labute approximate surface area is 118 Å². The fraction of sp³-hybridized carbons (Fsp3) is 0.667. The van der Waals surface area contributed by atoms with Crippen molar-refractivity contribution in [2.75, 3.05) is 27.3 Å². The van der Waals surface area contributed by atoms with Crippen molar-refractivity contribution in [2.45, 2.75) is 29.6 Å². The molecule has 1 saturated carbocycles. The van der Waals surface area contributed by atoms with Crippen LogP contribution < -0.4 is 5.32 Å². The number of sulfonamides is 1. The Hall–Kier alpha value is -0.470. The first-order chi connectivity index (χ1) is 9.09. The van der Waals surface area contributed by atoms with E-state index in [0.29, 0.717) is 23.9 Å². The summed E-state index contributed by atoms with van der Waals surface area (Å²) in [7, 11) is 0.0758. The Morgan fingerprint density at radius 1 is 1.53 bits per heavy atom. The van der Waals surface area contributed by atoms with Gasteiger partial charge in [0.15, 0.2) is 0 Å².